The lowest BCUT2D eigenvalue weighted by molar-refractivity contribution is -0.142. The zero-order valence-corrected chi connectivity index (χ0v) is 51.9. The molecular weight excluding hydrogens is 1180 g/mol. The Labute approximate surface area is 524 Å². The van der Waals surface area contributed by atoms with Gasteiger partial charge in [-0.15, -0.1) is 10.6 Å². The third-order valence-corrected chi connectivity index (χ3v) is 13.9. The highest BCUT2D eigenvalue weighted by Gasteiger charge is 2.33. The van der Waals surface area contributed by atoms with Crippen molar-refractivity contribution < 1.29 is 82.3 Å². The number of likely N-dealkylation sites (N-methyl/N-ethyl adjacent to an activating group) is 1. The normalized spacial score (nSPS) is 13.3. The fourth-order valence-electron chi connectivity index (χ4n) is 9.06. The Hall–Kier alpha value is -8.07. The third-order valence-electron chi connectivity index (χ3n) is 13.9. The van der Waals surface area contributed by atoms with E-state index in [2.05, 4.69) is 69.4 Å². The van der Waals surface area contributed by atoms with Crippen LogP contribution in [-0.2, 0) is 73.4 Å². The number of hydrazone groups is 1. The Morgan fingerprint density at radius 3 is 1.70 bits per heavy atom. The molecule has 1 aromatic carbocycles. The molecular formula is C58H97N15O17. The number of nitrogens with zero attached hydrogens (tertiary/aromatic N) is 2. The molecule has 5 atom stereocenters. The highest BCUT2D eigenvalue weighted by atomic mass is 16.5. The zero-order valence-electron chi connectivity index (χ0n) is 51.9. The van der Waals surface area contributed by atoms with Crippen LogP contribution in [0.5, 0.6) is 0 Å². The molecule has 506 valence electrons. The summed E-state index contributed by atoms with van der Waals surface area (Å²) >= 11 is 0. The molecule has 1 aliphatic heterocycles. The molecule has 0 radical (unpaired) electrons. The number of nitrogens with two attached hydrogens (primary N) is 1. The first-order chi connectivity index (χ1) is 43.2. The maximum absolute atomic E-state index is 14.3. The number of carboxylic acids is 2. The van der Waals surface area contributed by atoms with E-state index in [9.17, 15) is 72.9 Å². The smallest absolute Gasteiger partial charge is 0.317 e. The van der Waals surface area contributed by atoms with Gasteiger partial charge in [0.2, 0.25) is 59.1 Å². The van der Waals surface area contributed by atoms with Crippen molar-refractivity contribution in [3.8, 4) is 0 Å². The van der Waals surface area contributed by atoms with Crippen molar-refractivity contribution in [1.82, 2.24) is 69.2 Å². The molecule has 17 N–H and O–H groups in total. The summed E-state index contributed by atoms with van der Waals surface area (Å²) in [4.78, 5) is 155. The second kappa shape index (κ2) is 47.9. The van der Waals surface area contributed by atoms with Gasteiger partial charge in [-0.3, -0.25) is 67.9 Å². The minimum Gasteiger partial charge on any atom is -0.480 e. The summed E-state index contributed by atoms with van der Waals surface area (Å²) < 4.78 is 10.8. The number of hydrazine groups is 2. The van der Waals surface area contributed by atoms with E-state index >= 15 is 0 Å². The monoisotopic (exact) mass is 1280 g/mol. The van der Waals surface area contributed by atoms with E-state index < -0.39 is 154 Å². The van der Waals surface area contributed by atoms with Gasteiger partial charge in [0.05, 0.1) is 52.6 Å². The van der Waals surface area contributed by atoms with Crippen LogP contribution in [0.25, 0.3) is 0 Å². The largest absolute Gasteiger partial charge is 0.480 e. The molecule has 0 aliphatic carbocycles. The molecule has 1 aromatic rings. The zero-order chi connectivity index (χ0) is 66.3. The minimum absolute atomic E-state index is 0.0164. The number of amides is 10. The molecule has 0 saturated carbocycles. The average molecular weight is 1280 g/mol. The summed E-state index contributed by atoms with van der Waals surface area (Å²) in [5.74, 6) is -10.2. The molecule has 1 aliphatic rings. The molecule has 2 rings (SSSR count). The number of unbranched alkanes of at least 4 members (excludes halogenated alkanes) is 13. The van der Waals surface area contributed by atoms with Crippen LogP contribution in [0.4, 0.5) is 0 Å². The van der Waals surface area contributed by atoms with E-state index in [0.29, 0.717) is 31.4 Å². The number of rotatable bonds is 53. The van der Waals surface area contributed by atoms with E-state index in [1.54, 1.807) is 30.3 Å². The molecule has 32 nitrogen and oxygen atoms in total. The topological polar surface area (TPSA) is 470 Å². The third kappa shape index (κ3) is 37.7. The first-order valence-electron chi connectivity index (χ1n) is 30.8. The molecule has 10 amide bonds. The van der Waals surface area contributed by atoms with Crippen molar-refractivity contribution in [1.29, 1.82) is 0 Å². The van der Waals surface area contributed by atoms with Gasteiger partial charge >= 0.3 is 11.9 Å². The van der Waals surface area contributed by atoms with Gasteiger partial charge in [0.15, 0.2) is 0 Å². The number of carbonyl (C=O) groups is 12. The lowest BCUT2D eigenvalue weighted by Crippen LogP contribution is -2.61. The van der Waals surface area contributed by atoms with Gasteiger partial charge in [-0.2, -0.15) is 0 Å². The van der Waals surface area contributed by atoms with Crippen molar-refractivity contribution in [2.75, 3.05) is 79.4 Å². The van der Waals surface area contributed by atoms with E-state index in [1.165, 1.54) is 64.8 Å². The summed E-state index contributed by atoms with van der Waals surface area (Å²) in [6.45, 7) is -2.73. The molecule has 90 heavy (non-hydrogen) atoms. The fraction of sp³-hybridized carbons (Fsp3) is 0.672. The van der Waals surface area contributed by atoms with Gasteiger partial charge in [0.25, 0.3) is 0 Å². The van der Waals surface area contributed by atoms with Crippen molar-refractivity contribution in [2.24, 2.45) is 10.8 Å². The highest BCUT2D eigenvalue weighted by Crippen LogP contribution is 2.14. The summed E-state index contributed by atoms with van der Waals surface area (Å²) in [5, 5.41) is 54.7. The number of aliphatic hydroxyl groups is 1. The number of aliphatic carboxylic acids is 2. The van der Waals surface area contributed by atoms with E-state index in [1.807, 2.05) is 6.92 Å². The fourth-order valence-corrected chi connectivity index (χ4v) is 9.06. The molecule has 32 heteroatoms. The Morgan fingerprint density at radius 1 is 0.567 bits per heavy atom. The maximum atomic E-state index is 14.3. The average Bonchev–Trinajstić information content (AvgIpc) is 1.41. The Morgan fingerprint density at radius 2 is 1.12 bits per heavy atom. The lowest BCUT2D eigenvalue weighted by Gasteiger charge is -2.27. The predicted molar refractivity (Wildman–Crippen MR) is 327 cm³/mol. The first kappa shape index (κ1) is 78.0. The molecule has 0 fully saturated rings. The van der Waals surface area contributed by atoms with E-state index in [-0.39, 0.29) is 38.6 Å². The number of benzene rings is 1. The number of hydrogen-bond acceptors (Lipinski definition) is 20. The van der Waals surface area contributed by atoms with Crippen molar-refractivity contribution in [3.05, 3.63) is 35.9 Å². The molecule has 0 aromatic heterocycles. The molecule has 5 unspecified atom stereocenters. The van der Waals surface area contributed by atoms with Crippen LogP contribution in [0.3, 0.4) is 0 Å². The molecule has 0 bridgehead atoms. The molecule has 0 saturated heterocycles. The number of carboxylic acid groups (broad SMARTS) is 2. The summed E-state index contributed by atoms with van der Waals surface area (Å²) in [7, 11) is 1.34. The van der Waals surface area contributed by atoms with E-state index in [4.69, 9.17) is 15.2 Å². The number of hydrogen-bond donors (Lipinski definition) is 16. The second-order valence-corrected chi connectivity index (χ2v) is 21.5. The number of primary amides is 1. The van der Waals surface area contributed by atoms with Crippen molar-refractivity contribution in [3.63, 3.8) is 0 Å². The standard InChI is InChI=1S/C58H97N15O17/c1-3-4-23-41(54(84)60-2)65-57(87)44(33-62-50(78)35-73(36-52(80)81)37-53(82)83)68-56(86)43(32-40-21-17-16-18-22-40)67-55(85)42(26-27-46(59)75)66-58(88)45(38-74)64-49(77)34-63-51(79)39-90-31-30-89-29-28-61-48(76)25-20-15-13-11-9-7-5-6-8-10-12-14-19-24-47-69-71-72-70-47/h16-18,21-22,41-45,71-72,74H,3-15,19-20,23-39H2,1-2H3,(H2,59,75)(H,60,84)(H,61,76)(H,62,78)(H,63,79)(H,64,77)(H,65,87)(H,66,88)(H,67,85)(H,68,86)(H,69,70)(H,80,81)(H,82,83). The lowest BCUT2D eigenvalue weighted by atomic mass is 10.0. The number of ether oxygens (including phenoxy) is 2. The number of aliphatic hydroxyl groups excluding tert-OH is 1. The predicted octanol–water partition coefficient (Wildman–Crippen LogP) is -2.52. The molecule has 0 spiro atoms. The summed E-state index contributed by atoms with van der Waals surface area (Å²) in [6, 6.07) is 0.401. The maximum Gasteiger partial charge on any atom is 0.317 e. The van der Waals surface area contributed by atoms with E-state index in [0.717, 1.165) is 42.8 Å². The SMILES string of the molecule is CCCCC(NC(=O)C(CNC(=O)CN(CC(=O)O)CC(=O)O)NC(=O)C(Cc1ccccc1)NC(=O)C(CCC(N)=O)NC(=O)C(CO)NC(=O)CNC(=O)COCCOCCNC(=O)CCCCCCCCCCCCCCCC1=NNNN1)C(=O)NC. The number of nitrogens with one attached hydrogen (secondary N) is 12. The van der Waals surface area contributed by atoms with Crippen LogP contribution in [0.15, 0.2) is 35.4 Å². The van der Waals surface area contributed by atoms with Crippen molar-refractivity contribution >= 4 is 76.8 Å². The summed E-state index contributed by atoms with van der Waals surface area (Å²) in [6.07, 6.45) is 16.8. The van der Waals surface area contributed by atoms with Crippen LogP contribution >= 0.6 is 0 Å². The van der Waals surface area contributed by atoms with Crippen molar-refractivity contribution in [2.45, 2.75) is 172 Å². The van der Waals surface area contributed by atoms with Gasteiger partial charge in [0.1, 0.15) is 42.7 Å². The van der Waals surface area contributed by atoms with Crippen LogP contribution in [0.2, 0.25) is 0 Å². The first-order valence-corrected chi connectivity index (χ1v) is 30.8. The number of amidine groups is 1. The molecule has 1 heterocycles. The Kier molecular flexibility index (Phi) is 41.5. The van der Waals surface area contributed by atoms with Crippen LogP contribution in [0, 0.1) is 0 Å². The Balaban J connectivity index is 1.88. The van der Waals surface area contributed by atoms with Crippen LogP contribution in [-0.4, -0.2) is 207 Å². The quantitative estimate of drug-likeness (QED) is 0.0299. The minimum atomic E-state index is -1.71. The Bertz CT molecular complexity index is 2410. The second-order valence-electron chi connectivity index (χ2n) is 21.5. The van der Waals surface area contributed by atoms with Crippen LogP contribution in [0.1, 0.15) is 141 Å². The van der Waals surface area contributed by atoms with Gasteiger partial charge < -0.3 is 78.4 Å². The van der Waals surface area contributed by atoms with Crippen LogP contribution < -0.4 is 70.1 Å². The van der Waals surface area contributed by atoms with Gasteiger partial charge in [-0.25, -0.2) is 5.53 Å². The van der Waals surface area contributed by atoms with Gasteiger partial charge in [-0.05, 0) is 31.2 Å². The number of carbonyl (C=O) groups excluding carboxylic acids is 10. The van der Waals surface area contributed by atoms with Gasteiger partial charge in [0, 0.05) is 45.8 Å². The summed E-state index contributed by atoms with van der Waals surface area (Å²) in [5.41, 5.74) is 14.2. The highest BCUT2D eigenvalue weighted by molar-refractivity contribution is 5.97. The van der Waals surface area contributed by atoms with Gasteiger partial charge in [-0.1, -0.05) is 121 Å².